The highest BCUT2D eigenvalue weighted by Gasteiger charge is 2.22. The summed E-state index contributed by atoms with van der Waals surface area (Å²) in [5.74, 6) is 1.29. The molecule has 0 atom stereocenters. The summed E-state index contributed by atoms with van der Waals surface area (Å²) < 4.78 is 7.54. The van der Waals surface area contributed by atoms with E-state index in [2.05, 4.69) is 10.2 Å². The average molecular weight is 459 g/mol. The number of thioether (sulfide) groups is 1. The van der Waals surface area contributed by atoms with Gasteiger partial charge in [0.2, 0.25) is 11.8 Å². The van der Waals surface area contributed by atoms with Gasteiger partial charge < -0.3 is 4.42 Å². The highest BCUT2D eigenvalue weighted by Crippen LogP contribution is 2.35. The lowest BCUT2D eigenvalue weighted by Crippen LogP contribution is -2.23. The molecule has 4 aromatic rings. The van der Waals surface area contributed by atoms with Gasteiger partial charge in [-0.05, 0) is 50.3 Å². The van der Waals surface area contributed by atoms with Gasteiger partial charge in [0.05, 0.1) is 21.7 Å². The Balaban J connectivity index is 1.45. The molecule has 3 heterocycles. The van der Waals surface area contributed by atoms with E-state index < -0.39 is 0 Å². The van der Waals surface area contributed by atoms with Gasteiger partial charge in [-0.1, -0.05) is 35.5 Å². The van der Waals surface area contributed by atoms with Crippen LogP contribution >= 0.6 is 34.7 Å². The van der Waals surface area contributed by atoms with Crippen LogP contribution < -0.4 is 5.56 Å². The molecule has 0 amide bonds. The smallest absolute Gasteiger partial charge is 0.263 e. The van der Waals surface area contributed by atoms with E-state index in [0.29, 0.717) is 39.8 Å². The molecule has 30 heavy (non-hydrogen) atoms. The molecular formula is C21H19ClN4O2S2. The molecule has 0 fully saturated rings. The first-order valence-corrected chi connectivity index (χ1v) is 12.1. The van der Waals surface area contributed by atoms with Crippen molar-refractivity contribution < 1.29 is 4.42 Å². The second-order valence-electron chi connectivity index (χ2n) is 7.10. The Kier molecular flexibility index (Phi) is 5.39. The quantitative estimate of drug-likeness (QED) is 0.296. The van der Waals surface area contributed by atoms with Crippen LogP contribution in [0.25, 0.3) is 21.7 Å². The Morgan fingerprint density at radius 3 is 2.90 bits per heavy atom. The highest BCUT2D eigenvalue weighted by atomic mass is 35.5. The number of halogens is 1. The molecule has 0 saturated heterocycles. The fraction of sp³-hybridized carbons (Fsp3) is 0.333. The van der Waals surface area contributed by atoms with Gasteiger partial charge in [-0.3, -0.25) is 9.36 Å². The minimum Gasteiger partial charge on any atom is -0.420 e. The van der Waals surface area contributed by atoms with E-state index in [-0.39, 0.29) is 5.56 Å². The van der Waals surface area contributed by atoms with Gasteiger partial charge in [-0.2, -0.15) is 0 Å². The summed E-state index contributed by atoms with van der Waals surface area (Å²) in [7, 11) is 0. The molecule has 3 aromatic heterocycles. The summed E-state index contributed by atoms with van der Waals surface area (Å²) in [5, 5.41) is 10.3. The van der Waals surface area contributed by atoms with Crippen molar-refractivity contribution in [1.29, 1.82) is 0 Å². The van der Waals surface area contributed by atoms with Gasteiger partial charge in [0.25, 0.3) is 5.56 Å². The van der Waals surface area contributed by atoms with Gasteiger partial charge in [0.1, 0.15) is 4.83 Å². The van der Waals surface area contributed by atoms with E-state index in [9.17, 15) is 4.79 Å². The fourth-order valence-electron chi connectivity index (χ4n) is 3.79. The Morgan fingerprint density at radius 2 is 2.07 bits per heavy atom. The second kappa shape index (κ2) is 8.17. The van der Waals surface area contributed by atoms with E-state index in [4.69, 9.17) is 21.0 Å². The van der Waals surface area contributed by atoms with Crippen molar-refractivity contribution in [3.63, 3.8) is 0 Å². The number of fused-ring (bicyclic) bond motifs is 3. The third-order valence-corrected chi connectivity index (χ3v) is 7.73. The lowest BCUT2D eigenvalue weighted by atomic mass is 9.97. The van der Waals surface area contributed by atoms with Gasteiger partial charge in [0, 0.05) is 11.4 Å². The number of nitrogens with zero attached hydrogens (tertiary/aromatic N) is 4. The lowest BCUT2D eigenvalue weighted by Gasteiger charge is -2.11. The third-order valence-electron chi connectivity index (χ3n) is 5.25. The SMILES string of the molecule is CCn1c(SCc2nnc(-c3ccccc3Cl)o2)nc2sc3c(c2c1=O)CCCC3. The van der Waals surface area contributed by atoms with E-state index in [1.165, 1.54) is 28.6 Å². The molecule has 0 unspecified atom stereocenters. The maximum absolute atomic E-state index is 13.2. The molecule has 0 N–H and O–H groups in total. The molecule has 0 bridgehead atoms. The van der Waals surface area contributed by atoms with E-state index in [1.807, 2.05) is 25.1 Å². The molecule has 0 spiro atoms. The topological polar surface area (TPSA) is 73.8 Å². The number of benzene rings is 1. The third kappa shape index (κ3) is 3.46. The molecule has 0 radical (unpaired) electrons. The Morgan fingerprint density at radius 1 is 1.23 bits per heavy atom. The lowest BCUT2D eigenvalue weighted by molar-refractivity contribution is 0.528. The number of hydrogen-bond acceptors (Lipinski definition) is 7. The molecular weight excluding hydrogens is 440 g/mol. The number of aryl methyl sites for hydroxylation is 2. The summed E-state index contributed by atoms with van der Waals surface area (Å²) in [6, 6.07) is 7.36. The predicted octanol–water partition coefficient (Wildman–Crippen LogP) is 5.35. The summed E-state index contributed by atoms with van der Waals surface area (Å²) in [6.07, 6.45) is 4.37. The van der Waals surface area contributed by atoms with Gasteiger partial charge in [-0.25, -0.2) is 4.98 Å². The van der Waals surface area contributed by atoms with Crippen LogP contribution in [-0.2, 0) is 25.1 Å². The predicted molar refractivity (Wildman–Crippen MR) is 121 cm³/mol. The molecule has 1 aliphatic carbocycles. The van der Waals surface area contributed by atoms with Crippen LogP contribution in [0.4, 0.5) is 0 Å². The van der Waals surface area contributed by atoms with Crippen molar-refractivity contribution in [1.82, 2.24) is 19.7 Å². The minimum atomic E-state index is 0.0617. The summed E-state index contributed by atoms with van der Waals surface area (Å²) in [5.41, 5.74) is 1.99. The van der Waals surface area contributed by atoms with Crippen LogP contribution in [0, 0.1) is 0 Å². The molecule has 9 heteroatoms. The zero-order valence-electron chi connectivity index (χ0n) is 16.4. The van der Waals surface area contributed by atoms with Crippen molar-refractivity contribution >= 4 is 44.9 Å². The monoisotopic (exact) mass is 458 g/mol. The standard InChI is InChI=1S/C21H19ClN4O2S2/c1-2-26-20(27)17-13-8-4-6-10-15(13)30-19(17)23-21(26)29-11-16-24-25-18(28-16)12-7-3-5-9-14(12)22/h3,5,7,9H,2,4,6,8,10-11H2,1H3. The van der Waals surface area contributed by atoms with Crippen molar-refractivity contribution in [3.05, 3.63) is 56.0 Å². The Hall–Kier alpha value is -2.16. The van der Waals surface area contributed by atoms with Crippen LogP contribution in [-0.4, -0.2) is 19.7 Å². The maximum atomic E-state index is 13.2. The average Bonchev–Trinajstić information content (AvgIpc) is 3.37. The van der Waals surface area contributed by atoms with Crippen molar-refractivity contribution in [2.45, 2.75) is 50.1 Å². The van der Waals surface area contributed by atoms with Gasteiger partial charge >= 0.3 is 0 Å². The van der Waals surface area contributed by atoms with E-state index >= 15 is 0 Å². The molecule has 0 saturated carbocycles. The number of rotatable bonds is 5. The first-order chi connectivity index (χ1) is 14.7. The van der Waals surface area contributed by atoms with Crippen LogP contribution in [0.2, 0.25) is 5.02 Å². The number of thiophene rings is 1. The van der Waals surface area contributed by atoms with E-state index in [0.717, 1.165) is 29.5 Å². The van der Waals surface area contributed by atoms with Crippen molar-refractivity contribution in [2.24, 2.45) is 0 Å². The van der Waals surface area contributed by atoms with Gasteiger partial charge in [0.15, 0.2) is 5.16 Å². The first kappa shape index (κ1) is 19.8. The molecule has 154 valence electrons. The maximum Gasteiger partial charge on any atom is 0.263 e. The number of hydrogen-bond donors (Lipinski definition) is 0. The van der Waals surface area contributed by atoms with Crippen molar-refractivity contribution in [3.8, 4) is 11.5 Å². The summed E-state index contributed by atoms with van der Waals surface area (Å²) in [6.45, 7) is 2.55. The van der Waals surface area contributed by atoms with Crippen molar-refractivity contribution in [2.75, 3.05) is 0 Å². The zero-order valence-corrected chi connectivity index (χ0v) is 18.7. The van der Waals surface area contributed by atoms with Crippen LogP contribution in [0.3, 0.4) is 0 Å². The first-order valence-electron chi connectivity index (χ1n) is 9.91. The fourth-order valence-corrected chi connectivity index (χ4v) is 6.21. The number of aromatic nitrogens is 4. The summed E-state index contributed by atoms with van der Waals surface area (Å²) >= 11 is 9.33. The second-order valence-corrected chi connectivity index (χ2v) is 9.54. The minimum absolute atomic E-state index is 0.0617. The molecule has 6 nitrogen and oxygen atoms in total. The Labute approximate surface area is 186 Å². The molecule has 5 rings (SSSR count). The normalized spacial score (nSPS) is 13.7. The van der Waals surface area contributed by atoms with Crippen LogP contribution in [0.1, 0.15) is 36.1 Å². The molecule has 0 aliphatic heterocycles. The Bertz CT molecular complexity index is 1290. The van der Waals surface area contributed by atoms with Gasteiger partial charge in [-0.15, -0.1) is 21.5 Å². The molecule has 1 aliphatic rings. The zero-order chi connectivity index (χ0) is 20.7. The summed E-state index contributed by atoms with van der Waals surface area (Å²) in [4.78, 5) is 20.2. The largest absolute Gasteiger partial charge is 0.420 e. The van der Waals surface area contributed by atoms with Crippen LogP contribution in [0.15, 0.2) is 38.6 Å². The molecule has 1 aromatic carbocycles. The highest BCUT2D eigenvalue weighted by molar-refractivity contribution is 7.98. The van der Waals surface area contributed by atoms with Crippen LogP contribution in [0.5, 0.6) is 0 Å². The van der Waals surface area contributed by atoms with E-state index in [1.54, 1.807) is 22.0 Å².